The smallest absolute Gasteiger partial charge is 0.170 e. The van der Waals surface area contributed by atoms with E-state index in [1.807, 2.05) is 0 Å². The van der Waals surface area contributed by atoms with Gasteiger partial charge in [-0.05, 0) is 24.2 Å². The fourth-order valence-electron chi connectivity index (χ4n) is 5.67. The summed E-state index contributed by atoms with van der Waals surface area (Å²) in [6.07, 6.45) is 1.71. The predicted octanol–water partition coefficient (Wildman–Crippen LogP) is 0.175. The molecule has 2 bridgehead atoms. The highest BCUT2D eigenvalue weighted by atomic mass is 16.6. The van der Waals surface area contributed by atoms with Crippen molar-refractivity contribution in [2.45, 2.75) is 24.7 Å². The zero-order valence-electron chi connectivity index (χ0n) is 7.72. The summed E-state index contributed by atoms with van der Waals surface area (Å²) in [5.74, 6) is 2.03. The van der Waals surface area contributed by atoms with E-state index in [1.165, 1.54) is 6.42 Å². The van der Waals surface area contributed by atoms with E-state index >= 15 is 0 Å². The molecule has 0 aromatic heterocycles. The second-order valence-corrected chi connectivity index (χ2v) is 5.85. The number of hydrogen-bond donors (Lipinski definition) is 1. The molecule has 3 nitrogen and oxygen atoms in total. The largest absolute Gasteiger partial charge is 0.365 e. The first-order chi connectivity index (χ1) is 6.71. The summed E-state index contributed by atoms with van der Waals surface area (Å²) < 4.78 is 5.64. The molecule has 4 saturated carbocycles. The molecule has 1 N–H and O–H groups in total. The van der Waals surface area contributed by atoms with Crippen LogP contribution in [-0.4, -0.2) is 22.8 Å². The van der Waals surface area contributed by atoms with Gasteiger partial charge in [-0.15, -0.1) is 0 Å². The van der Waals surface area contributed by atoms with Crippen molar-refractivity contribution in [3.05, 3.63) is 0 Å². The van der Waals surface area contributed by atoms with E-state index in [-0.39, 0.29) is 12.0 Å². The molecular formula is C11H12O3. The first-order valence-corrected chi connectivity index (χ1v) is 5.65. The van der Waals surface area contributed by atoms with E-state index in [1.54, 1.807) is 0 Å². The van der Waals surface area contributed by atoms with Crippen LogP contribution in [-0.2, 0) is 9.53 Å². The third kappa shape index (κ3) is 0.421. The summed E-state index contributed by atoms with van der Waals surface area (Å²) in [5, 5.41) is 10.3. The second kappa shape index (κ2) is 1.59. The number of rotatable bonds is 0. The third-order valence-electron chi connectivity index (χ3n) is 5.73. The van der Waals surface area contributed by atoms with E-state index in [0.717, 1.165) is 6.42 Å². The van der Waals surface area contributed by atoms with Gasteiger partial charge in [-0.1, -0.05) is 0 Å². The molecule has 0 aromatic rings. The lowest BCUT2D eigenvalue weighted by atomic mass is 9.79. The summed E-state index contributed by atoms with van der Waals surface area (Å²) >= 11 is 0. The summed E-state index contributed by atoms with van der Waals surface area (Å²) in [4.78, 5) is 12.0. The zero-order chi connectivity index (χ0) is 9.24. The Morgan fingerprint density at radius 2 is 2.21 bits per heavy atom. The second-order valence-electron chi connectivity index (χ2n) is 5.85. The normalized spacial score (nSPS) is 75.8. The monoisotopic (exact) mass is 192 g/mol. The molecule has 0 amide bonds. The maximum absolute atomic E-state index is 12.0. The standard InChI is InChI=1S/C11H12O3/c12-9-6-4-1-3-5(6)2-11(13)8(3)7(4)10(9)14-11/h3-8,10,13H,1-2H2/t3-,4+,5-,6+,7?,8+,10-,11+/m0/s1. The number of carbonyl (C=O) groups is 1. The maximum atomic E-state index is 12.0. The third-order valence-corrected chi connectivity index (χ3v) is 5.73. The number of Topliss-reactive ketones (excluding diaryl/α,β-unsaturated/α-hetero) is 1. The van der Waals surface area contributed by atoms with Crippen molar-refractivity contribution in [1.82, 2.24) is 0 Å². The van der Waals surface area contributed by atoms with Crippen LogP contribution in [0.2, 0.25) is 0 Å². The van der Waals surface area contributed by atoms with Crippen molar-refractivity contribution < 1.29 is 14.6 Å². The van der Waals surface area contributed by atoms with Crippen LogP contribution in [0.1, 0.15) is 12.8 Å². The van der Waals surface area contributed by atoms with Crippen LogP contribution in [0, 0.1) is 35.5 Å². The van der Waals surface area contributed by atoms with Crippen molar-refractivity contribution in [3.8, 4) is 0 Å². The summed E-state index contributed by atoms with van der Waals surface area (Å²) in [6, 6.07) is 0. The highest BCUT2D eigenvalue weighted by molar-refractivity contribution is 5.91. The predicted molar refractivity (Wildman–Crippen MR) is 45.0 cm³/mol. The van der Waals surface area contributed by atoms with E-state index in [0.29, 0.717) is 35.4 Å². The first kappa shape index (κ1) is 6.96. The van der Waals surface area contributed by atoms with Crippen molar-refractivity contribution in [3.63, 3.8) is 0 Å². The van der Waals surface area contributed by atoms with Crippen molar-refractivity contribution >= 4 is 5.78 Å². The van der Waals surface area contributed by atoms with Crippen molar-refractivity contribution in [2.24, 2.45) is 35.5 Å². The van der Waals surface area contributed by atoms with Gasteiger partial charge in [0.25, 0.3) is 0 Å². The van der Waals surface area contributed by atoms with Gasteiger partial charge in [-0.2, -0.15) is 0 Å². The molecule has 0 aromatic carbocycles. The number of ether oxygens (including phenoxy) is 1. The van der Waals surface area contributed by atoms with Gasteiger partial charge in [-0.25, -0.2) is 0 Å². The molecule has 1 heterocycles. The Morgan fingerprint density at radius 1 is 1.36 bits per heavy atom. The number of carbonyl (C=O) groups excluding carboxylic acids is 1. The molecule has 5 fully saturated rings. The Balaban J connectivity index is 1.88. The van der Waals surface area contributed by atoms with Gasteiger partial charge in [0.15, 0.2) is 11.6 Å². The highest BCUT2D eigenvalue weighted by Gasteiger charge is 2.81. The minimum absolute atomic E-state index is 0.225. The quantitative estimate of drug-likeness (QED) is 0.595. The van der Waals surface area contributed by atoms with Crippen molar-refractivity contribution in [2.75, 3.05) is 0 Å². The lowest BCUT2D eigenvalue weighted by Crippen LogP contribution is -2.33. The summed E-state index contributed by atoms with van der Waals surface area (Å²) in [7, 11) is 0. The van der Waals surface area contributed by atoms with Crippen LogP contribution in [0.4, 0.5) is 0 Å². The van der Waals surface area contributed by atoms with Gasteiger partial charge in [0.2, 0.25) is 0 Å². The topological polar surface area (TPSA) is 46.5 Å². The molecule has 8 atom stereocenters. The van der Waals surface area contributed by atoms with Crippen LogP contribution < -0.4 is 0 Å². The molecule has 0 radical (unpaired) electrons. The lowest BCUT2D eigenvalue weighted by Gasteiger charge is -2.24. The molecule has 1 unspecified atom stereocenters. The fraction of sp³-hybridized carbons (Fsp3) is 0.909. The van der Waals surface area contributed by atoms with E-state index in [4.69, 9.17) is 4.74 Å². The first-order valence-electron chi connectivity index (χ1n) is 5.65. The lowest BCUT2D eigenvalue weighted by molar-refractivity contribution is -0.201. The Morgan fingerprint density at radius 3 is 3.07 bits per heavy atom. The number of fused-ring (bicyclic) bond motifs is 1. The number of hydrogen-bond acceptors (Lipinski definition) is 3. The summed E-state index contributed by atoms with van der Waals surface area (Å²) in [6.45, 7) is 0. The molecule has 74 valence electrons. The van der Waals surface area contributed by atoms with Gasteiger partial charge in [0, 0.05) is 24.2 Å². The Hall–Kier alpha value is -0.410. The SMILES string of the molecule is O=C1[C@H]2[C@H]3C[C@@]4(O)O[C@H]1C1[C@@H]2C[C@@H]3[C@H]14. The van der Waals surface area contributed by atoms with E-state index < -0.39 is 5.79 Å². The average Bonchev–Trinajstić information content (AvgIpc) is 2.75. The van der Waals surface area contributed by atoms with Crippen LogP contribution in [0.15, 0.2) is 0 Å². The van der Waals surface area contributed by atoms with Gasteiger partial charge in [0.1, 0.15) is 6.10 Å². The van der Waals surface area contributed by atoms with Crippen LogP contribution in [0.3, 0.4) is 0 Å². The number of aliphatic hydroxyl groups is 1. The van der Waals surface area contributed by atoms with E-state index in [9.17, 15) is 9.90 Å². The Labute approximate surface area is 81.4 Å². The van der Waals surface area contributed by atoms with Gasteiger partial charge >= 0.3 is 0 Å². The summed E-state index contributed by atoms with van der Waals surface area (Å²) in [5.41, 5.74) is 0. The molecule has 1 saturated heterocycles. The highest BCUT2D eigenvalue weighted by Crippen LogP contribution is 2.76. The van der Waals surface area contributed by atoms with Crippen LogP contribution >= 0.6 is 0 Å². The molecular weight excluding hydrogens is 180 g/mol. The van der Waals surface area contributed by atoms with Crippen LogP contribution in [0.25, 0.3) is 0 Å². The average molecular weight is 192 g/mol. The molecule has 14 heavy (non-hydrogen) atoms. The zero-order valence-corrected chi connectivity index (χ0v) is 7.72. The van der Waals surface area contributed by atoms with E-state index in [2.05, 4.69) is 0 Å². The minimum Gasteiger partial charge on any atom is -0.365 e. The van der Waals surface area contributed by atoms with Crippen LogP contribution in [0.5, 0.6) is 0 Å². The fourth-order valence-corrected chi connectivity index (χ4v) is 5.67. The molecule has 5 rings (SSSR count). The molecule has 5 aliphatic rings. The molecule has 3 heteroatoms. The molecule has 0 spiro atoms. The minimum atomic E-state index is -0.902. The van der Waals surface area contributed by atoms with Crippen molar-refractivity contribution in [1.29, 1.82) is 0 Å². The van der Waals surface area contributed by atoms with Gasteiger partial charge in [0.05, 0.1) is 0 Å². The Kier molecular flexibility index (Phi) is 0.792. The number of ketones is 1. The Bertz CT molecular complexity index is 379. The van der Waals surface area contributed by atoms with Gasteiger partial charge in [-0.3, -0.25) is 4.79 Å². The molecule has 4 aliphatic carbocycles. The van der Waals surface area contributed by atoms with Gasteiger partial charge < -0.3 is 9.84 Å². The molecule has 1 aliphatic heterocycles. The maximum Gasteiger partial charge on any atom is 0.170 e.